The number of carbonyl (C=O) groups is 1. The molecule has 0 fully saturated rings. The van der Waals surface area contributed by atoms with E-state index in [2.05, 4.69) is 10.1 Å². The zero-order chi connectivity index (χ0) is 18.2. The summed E-state index contributed by atoms with van der Waals surface area (Å²) in [5.41, 5.74) is -3.54. The second-order valence-electron chi connectivity index (χ2n) is 5.06. The highest BCUT2D eigenvalue weighted by molar-refractivity contribution is 7.14. The molecule has 3 rings (SSSR count). The minimum atomic E-state index is -5.01. The van der Waals surface area contributed by atoms with Crippen LogP contribution in [0.5, 0.6) is 0 Å². The van der Waals surface area contributed by atoms with Gasteiger partial charge in [0.2, 0.25) is 5.13 Å². The minimum Gasteiger partial charge on any atom is -0.463 e. The summed E-state index contributed by atoms with van der Waals surface area (Å²) in [4.78, 5) is 15.5. The largest absolute Gasteiger partial charge is 0.463 e. The number of aliphatic hydroxyl groups is 1. The van der Waals surface area contributed by atoms with Crippen LogP contribution in [0.1, 0.15) is 29.6 Å². The van der Waals surface area contributed by atoms with Gasteiger partial charge in [-0.2, -0.15) is 23.3 Å². The highest BCUT2D eigenvalue weighted by Gasteiger charge is 2.63. The van der Waals surface area contributed by atoms with Crippen molar-refractivity contribution in [1.82, 2.24) is 4.98 Å². The fraction of sp³-hybridized carbons (Fsp3) is 0.357. The highest BCUT2D eigenvalue weighted by atomic mass is 32.1. The first-order chi connectivity index (χ1) is 11.8. The van der Waals surface area contributed by atoms with Crippen LogP contribution in [0.2, 0.25) is 0 Å². The number of anilines is 1. The lowest BCUT2D eigenvalue weighted by Crippen LogP contribution is -2.55. The van der Waals surface area contributed by atoms with Gasteiger partial charge in [0, 0.05) is 5.38 Å². The summed E-state index contributed by atoms with van der Waals surface area (Å²) in [6.07, 6.45) is -4.56. The monoisotopic (exact) mass is 375 g/mol. The SMILES string of the molecule is CCOC(=O)c1csc(N2N=C(c3ccco3)CC2(O)C(F)(F)F)n1. The van der Waals surface area contributed by atoms with Crippen LogP contribution in [0, 0.1) is 0 Å². The maximum atomic E-state index is 13.5. The zero-order valence-electron chi connectivity index (χ0n) is 12.8. The fourth-order valence-corrected chi connectivity index (χ4v) is 3.02. The summed E-state index contributed by atoms with van der Waals surface area (Å²) in [6, 6.07) is 2.93. The zero-order valence-corrected chi connectivity index (χ0v) is 13.6. The van der Waals surface area contributed by atoms with Crippen molar-refractivity contribution in [3.8, 4) is 0 Å². The highest BCUT2D eigenvalue weighted by Crippen LogP contribution is 2.44. The first kappa shape index (κ1) is 17.4. The van der Waals surface area contributed by atoms with Crippen molar-refractivity contribution < 1.29 is 32.2 Å². The van der Waals surface area contributed by atoms with E-state index in [-0.39, 0.29) is 28.9 Å². The standard InChI is InChI=1S/C14H12F3N3O4S/c1-2-23-11(21)9-7-25-12(18-9)20-13(22,14(15,16)17)6-8(19-20)10-4-3-5-24-10/h3-5,7,22H,2,6H2,1H3. The number of hydrazone groups is 1. The van der Waals surface area contributed by atoms with Gasteiger partial charge in [-0.3, -0.25) is 0 Å². The number of furan rings is 1. The summed E-state index contributed by atoms with van der Waals surface area (Å²) in [7, 11) is 0. The van der Waals surface area contributed by atoms with Gasteiger partial charge in [0.15, 0.2) is 5.69 Å². The number of esters is 1. The number of aromatic nitrogens is 1. The lowest BCUT2D eigenvalue weighted by atomic mass is 10.1. The Morgan fingerprint density at radius 3 is 2.92 bits per heavy atom. The van der Waals surface area contributed by atoms with Gasteiger partial charge in [-0.15, -0.1) is 11.3 Å². The number of alkyl halides is 3. The molecular formula is C14H12F3N3O4S. The molecule has 7 nitrogen and oxygen atoms in total. The number of hydrogen-bond donors (Lipinski definition) is 1. The molecule has 0 saturated heterocycles. The van der Waals surface area contributed by atoms with Crippen LogP contribution in [0.25, 0.3) is 0 Å². The number of halogens is 3. The summed E-state index contributed by atoms with van der Waals surface area (Å²) in [6.45, 7) is 1.69. The van der Waals surface area contributed by atoms with Crippen molar-refractivity contribution in [2.24, 2.45) is 5.10 Å². The van der Waals surface area contributed by atoms with Crippen LogP contribution >= 0.6 is 11.3 Å². The van der Waals surface area contributed by atoms with E-state index < -0.39 is 24.3 Å². The van der Waals surface area contributed by atoms with Crippen LogP contribution in [0.15, 0.2) is 33.3 Å². The molecule has 0 aromatic carbocycles. The Labute approximate surface area is 143 Å². The van der Waals surface area contributed by atoms with Gasteiger partial charge in [-0.25, -0.2) is 9.78 Å². The molecule has 1 atom stereocenters. The predicted molar refractivity (Wildman–Crippen MR) is 81.4 cm³/mol. The Balaban J connectivity index is 1.99. The van der Waals surface area contributed by atoms with Crippen molar-refractivity contribution in [2.75, 3.05) is 11.6 Å². The van der Waals surface area contributed by atoms with Crippen LogP contribution < -0.4 is 5.01 Å². The van der Waals surface area contributed by atoms with Crippen molar-refractivity contribution in [3.05, 3.63) is 35.2 Å². The third kappa shape index (κ3) is 3.00. The van der Waals surface area contributed by atoms with Crippen molar-refractivity contribution >= 4 is 28.1 Å². The molecule has 11 heteroatoms. The first-order valence-electron chi connectivity index (χ1n) is 7.09. The van der Waals surface area contributed by atoms with E-state index >= 15 is 0 Å². The molecule has 1 aliphatic heterocycles. The van der Waals surface area contributed by atoms with E-state index in [1.165, 1.54) is 23.8 Å². The normalized spacial score (nSPS) is 20.7. The van der Waals surface area contributed by atoms with Crippen molar-refractivity contribution in [3.63, 3.8) is 0 Å². The Morgan fingerprint density at radius 1 is 1.56 bits per heavy atom. The van der Waals surface area contributed by atoms with Crippen LogP contribution in [0.4, 0.5) is 18.3 Å². The molecule has 3 heterocycles. The Kier molecular flexibility index (Phi) is 4.29. The van der Waals surface area contributed by atoms with Gasteiger partial charge in [0.1, 0.15) is 11.5 Å². The van der Waals surface area contributed by atoms with Crippen molar-refractivity contribution in [2.45, 2.75) is 25.2 Å². The molecule has 0 saturated carbocycles. The second-order valence-corrected chi connectivity index (χ2v) is 5.90. The number of hydrogen-bond acceptors (Lipinski definition) is 8. The van der Waals surface area contributed by atoms with Crippen molar-refractivity contribution in [1.29, 1.82) is 0 Å². The lowest BCUT2D eigenvalue weighted by molar-refractivity contribution is -0.254. The predicted octanol–water partition coefficient (Wildman–Crippen LogP) is 2.78. The number of rotatable bonds is 4. The Morgan fingerprint density at radius 2 is 2.32 bits per heavy atom. The van der Waals surface area contributed by atoms with E-state index in [0.717, 1.165) is 11.3 Å². The van der Waals surface area contributed by atoms with E-state index in [9.17, 15) is 23.1 Å². The van der Waals surface area contributed by atoms with E-state index in [1.54, 1.807) is 6.92 Å². The van der Waals surface area contributed by atoms with E-state index in [4.69, 9.17) is 9.15 Å². The molecule has 2 aromatic rings. The average Bonchev–Trinajstić information content (AvgIpc) is 3.26. The van der Waals surface area contributed by atoms with Gasteiger partial charge in [0.05, 0.1) is 19.3 Å². The van der Waals surface area contributed by atoms with Crippen LogP contribution in [-0.4, -0.2) is 40.3 Å². The fourth-order valence-electron chi connectivity index (χ4n) is 2.21. The average molecular weight is 375 g/mol. The van der Waals surface area contributed by atoms with Crippen LogP contribution in [-0.2, 0) is 4.74 Å². The summed E-state index contributed by atoms with van der Waals surface area (Å²) in [5, 5.41) is 15.4. The molecule has 0 spiro atoms. The molecule has 0 amide bonds. The summed E-state index contributed by atoms with van der Waals surface area (Å²) in [5.74, 6) is -0.665. The van der Waals surface area contributed by atoms with E-state index in [0.29, 0.717) is 5.01 Å². The van der Waals surface area contributed by atoms with E-state index in [1.807, 2.05) is 0 Å². The van der Waals surface area contributed by atoms with Gasteiger partial charge in [0.25, 0.3) is 5.72 Å². The summed E-state index contributed by atoms with van der Waals surface area (Å²) < 4.78 is 50.2. The first-order valence-corrected chi connectivity index (χ1v) is 7.97. The Hall–Kier alpha value is -2.40. The molecule has 0 radical (unpaired) electrons. The molecule has 2 aromatic heterocycles. The minimum absolute atomic E-state index is 0.0855. The molecule has 1 unspecified atom stereocenters. The van der Waals surface area contributed by atoms with Gasteiger partial charge >= 0.3 is 12.1 Å². The topological polar surface area (TPSA) is 88.2 Å². The maximum Gasteiger partial charge on any atom is 0.438 e. The van der Waals surface area contributed by atoms with Crippen LogP contribution in [0.3, 0.4) is 0 Å². The lowest BCUT2D eigenvalue weighted by Gasteiger charge is -2.32. The van der Waals surface area contributed by atoms with Gasteiger partial charge in [-0.05, 0) is 19.1 Å². The molecule has 25 heavy (non-hydrogen) atoms. The molecule has 134 valence electrons. The molecular weight excluding hydrogens is 363 g/mol. The molecule has 1 N–H and O–H groups in total. The smallest absolute Gasteiger partial charge is 0.438 e. The number of ether oxygens (including phenoxy) is 1. The van der Waals surface area contributed by atoms with Gasteiger partial charge in [-0.1, -0.05) is 0 Å². The molecule has 1 aliphatic rings. The molecule has 0 bridgehead atoms. The summed E-state index contributed by atoms with van der Waals surface area (Å²) >= 11 is 0.735. The number of nitrogens with zero attached hydrogens (tertiary/aromatic N) is 3. The number of carbonyl (C=O) groups excluding carboxylic acids is 1. The number of thiazole rings is 1. The third-order valence-electron chi connectivity index (χ3n) is 3.40. The maximum absolute atomic E-state index is 13.5. The molecule has 0 aliphatic carbocycles. The second kappa shape index (κ2) is 6.15. The Bertz CT molecular complexity index is 803. The van der Waals surface area contributed by atoms with Gasteiger partial charge < -0.3 is 14.3 Å². The third-order valence-corrected chi connectivity index (χ3v) is 4.22. The quantitative estimate of drug-likeness (QED) is 0.827.